The van der Waals surface area contributed by atoms with E-state index in [1.54, 1.807) is 6.08 Å². The number of rotatable bonds is 4. The molecule has 0 aromatic heterocycles. The number of allylic oxidation sites excluding steroid dienone is 1. The molecule has 0 heterocycles. The van der Waals surface area contributed by atoms with Crippen LogP contribution in [0.5, 0.6) is 0 Å². The van der Waals surface area contributed by atoms with Crippen molar-refractivity contribution in [1.29, 1.82) is 0 Å². The Labute approximate surface area is 116 Å². The summed E-state index contributed by atoms with van der Waals surface area (Å²) in [6.45, 7) is 0. The van der Waals surface area contributed by atoms with Crippen LogP contribution in [0.25, 0.3) is 0 Å². The molecule has 19 heavy (non-hydrogen) atoms. The smallest absolute Gasteiger partial charge is 0.167 e. The third-order valence-corrected chi connectivity index (χ3v) is 4.03. The first-order valence-electron chi connectivity index (χ1n) is 7.10. The molecule has 2 nitrogen and oxygen atoms in total. The molecule has 1 saturated carbocycles. The highest BCUT2D eigenvalue weighted by atomic mass is 16.1. The van der Waals surface area contributed by atoms with E-state index in [1.807, 2.05) is 43.4 Å². The van der Waals surface area contributed by atoms with Gasteiger partial charge in [-0.05, 0) is 24.5 Å². The molecule has 0 saturated heterocycles. The summed E-state index contributed by atoms with van der Waals surface area (Å²) in [7, 11) is 3.89. The summed E-state index contributed by atoms with van der Waals surface area (Å²) in [6.07, 6.45) is 9.12. The average molecular weight is 257 g/mol. The molecule has 1 fully saturated rings. The van der Waals surface area contributed by atoms with E-state index >= 15 is 0 Å². The molecule has 0 aliphatic heterocycles. The number of benzene rings is 1. The lowest BCUT2D eigenvalue weighted by atomic mass is 9.67. The molecule has 0 spiro atoms. The Balaban J connectivity index is 2.32. The highest BCUT2D eigenvalue weighted by Gasteiger charge is 2.39. The topological polar surface area (TPSA) is 20.3 Å². The van der Waals surface area contributed by atoms with Gasteiger partial charge in [0.2, 0.25) is 0 Å². The Morgan fingerprint density at radius 2 is 1.74 bits per heavy atom. The molecular weight excluding hydrogens is 234 g/mol. The number of hydrogen-bond acceptors (Lipinski definition) is 2. The molecule has 0 unspecified atom stereocenters. The van der Waals surface area contributed by atoms with Gasteiger partial charge in [0, 0.05) is 20.3 Å². The fraction of sp³-hybridized carbons (Fsp3) is 0.471. The number of carbonyl (C=O) groups is 1. The molecule has 0 radical (unpaired) electrons. The molecule has 0 amide bonds. The average Bonchev–Trinajstić information content (AvgIpc) is 2.46. The van der Waals surface area contributed by atoms with E-state index < -0.39 is 0 Å². The van der Waals surface area contributed by atoms with Crippen molar-refractivity contribution in [3.63, 3.8) is 0 Å². The van der Waals surface area contributed by atoms with Crippen LogP contribution in [0.4, 0.5) is 0 Å². The second-order valence-corrected chi connectivity index (χ2v) is 5.65. The summed E-state index contributed by atoms with van der Waals surface area (Å²) in [5.41, 5.74) is 0.898. The van der Waals surface area contributed by atoms with Crippen molar-refractivity contribution >= 4 is 5.78 Å². The van der Waals surface area contributed by atoms with Crippen LogP contribution < -0.4 is 0 Å². The molecule has 1 aliphatic carbocycles. The van der Waals surface area contributed by atoms with E-state index in [0.29, 0.717) is 0 Å². The highest BCUT2D eigenvalue weighted by molar-refractivity contribution is 5.99. The lowest BCUT2D eigenvalue weighted by Crippen LogP contribution is -2.37. The molecule has 0 bridgehead atoms. The molecule has 1 aromatic carbocycles. The summed E-state index contributed by atoms with van der Waals surface area (Å²) >= 11 is 0. The van der Waals surface area contributed by atoms with Crippen LogP contribution >= 0.6 is 0 Å². The quantitative estimate of drug-likeness (QED) is 0.769. The number of hydrogen-bond donors (Lipinski definition) is 0. The fourth-order valence-electron chi connectivity index (χ4n) is 2.97. The molecule has 1 aromatic rings. The van der Waals surface area contributed by atoms with E-state index in [0.717, 1.165) is 25.7 Å². The van der Waals surface area contributed by atoms with Crippen molar-refractivity contribution in [2.24, 2.45) is 0 Å². The van der Waals surface area contributed by atoms with Gasteiger partial charge in [-0.25, -0.2) is 0 Å². The zero-order chi connectivity index (χ0) is 13.7. The first kappa shape index (κ1) is 13.9. The first-order valence-corrected chi connectivity index (χ1v) is 7.10. The Morgan fingerprint density at radius 3 is 2.32 bits per heavy atom. The molecule has 1 aliphatic rings. The Morgan fingerprint density at radius 1 is 1.11 bits per heavy atom. The van der Waals surface area contributed by atoms with E-state index in [2.05, 4.69) is 12.1 Å². The van der Waals surface area contributed by atoms with Crippen molar-refractivity contribution in [3.8, 4) is 0 Å². The third-order valence-electron chi connectivity index (χ3n) is 4.03. The number of carbonyl (C=O) groups excluding carboxylic acids is 1. The van der Waals surface area contributed by atoms with Gasteiger partial charge in [0.15, 0.2) is 5.78 Å². The minimum Gasteiger partial charge on any atom is -0.383 e. The molecular formula is C17H23NO. The zero-order valence-electron chi connectivity index (χ0n) is 11.9. The summed E-state index contributed by atoms with van der Waals surface area (Å²) in [6, 6.07) is 10.3. The molecule has 2 rings (SSSR count). The van der Waals surface area contributed by atoms with Gasteiger partial charge in [0.25, 0.3) is 0 Å². The molecule has 2 heteroatoms. The van der Waals surface area contributed by atoms with Gasteiger partial charge in [0.05, 0.1) is 5.41 Å². The van der Waals surface area contributed by atoms with E-state index in [4.69, 9.17) is 0 Å². The maximum absolute atomic E-state index is 12.7. The van der Waals surface area contributed by atoms with Crippen LogP contribution in [0.15, 0.2) is 42.6 Å². The number of ketones is 1. The van der Waals surface area contributed by atoms with E-state index in [-0.39, 0.29) is 11.2 Å². The summed E-state index contributed by atoms with van der Waals surface area (Å²) in [4.78, 5) is 14.6. The van der Waals surface area contributed by atoms with Gasteiger partial charge in [0.1, 0.15) is 0 Å². The van der Waals surface area contributed by atoms with Crippen LogP contribution in [0.2, 0.25) is 0 Å². The Bertz CT molecular complexity index is 442. The maximum Gasteiger partial charge on any atom is 0.167 e. The summed E-state index contributed by atoms with van der Waals surface area (Å²) in [5, 5.41) is 0. The SMILES string of the molecule is CN(C)C=CC(=O)C1(c2ccccc2)CCCCC1. The van der Waals surface area contributed by atoms with Gasteiger partial charge >= 0.3 is 0 Å². The lowest BCUT2D eigenvalue weighted by molar-refractivity contribution is -0.121. The summed E-state index contributed by atoms with van der Waals surface area (Å²) < 4.78 is 0. The van der Waals surface area contributed by atoms with Gasteiger partial charge in [-0.1, -0.05) is 49.6 Å². The van der Waals surface area contributed by atoms with Crippen molar-refractivity contribution in [3.05, 3.63) is 48.2 Å². The van der Waals surface area contributed by atoms with Crippen LogP contribution in [0.3, 0.4) is 0 Å². The molecule has 102 valence electrons. The second-order valence-electron chi connectivity index (χ2n) is 5.65. The first-order chi connectivity index (χ1) is 9.15. The van der Waals surface area contributed by atoms with Crippen molar-refractivity contribution in [1.82, 2.24) is 4.90 Å². The predicted octanol–water partition coefficient (Wildman–Crippen LogP) is 3.53. The monoisotopic (exact) mass is 257 g/mol. The second kappa shape index (κ2) is 6.05. The minimum absolute atomic E-state index is 0.257. The number of nitrogens with zero attached hydrogens (tertiary/aromatic N) is 1. The van der Waals surface area contributed by atoms with Crippen LogP contribution in [0.1, 0.15) is 37.7 Å². The summed E-state index contributed by atoms with van der Waals surface area (Å²) in [5.74, 6) is 0.257. The largest absolute Gasteiger partial charge is 0.383 e. The highest BCUT2D eigenvalue weighted by Crippen LogP contribution is 2.40. The Kier molecular flexibility index (Phi) is 4.41. The van der Waals surface area contributed by atoms with Gasteiger partial charge in [-0.15, -0.1) is 0 Å². The van der Waals surface area contributed by atoms with Crippen LogP contribution in [0, 0.1) is 0 Å². The lowest BCUT2D eigenvalue weighted by Gasteiger charge is -2.35. The van der Waals surface area contributed by atoms with Gasteiger partial charge in [-0.2, -0.15) is 0 Å². The van der Waals surface area contributed by atoms with Gasteiger partial charge < -0.3 is 4.90 Å². The van der Waals surface area contributed by atoms with Crippen molar-refractivity contribution < 1.29 is 4.79 Å². The minimum atomic E-state index is -0.286. The fourth-order valence-corrected chi connectivity index (χ4v) is 2.97. The van der Waals surface area contributed by atoms with Crippen LogP contribution in [-0.2, 0) is 10.2 Å². The third kappa shape index (κ3) is 3.06. The normalized spacial score (nSPS) is 18.4. The standard InChI is InChI=1S/C17H23NO/c1-18(2)14-11-16(19)17(12-7-4-8-13-17)15-9-5-3-6-10-15/h3,5-6,9-11,14H,4,7-8,12-13H2,1-2H3. The molecule has 0 N–H and O–H groups in total. The van der Waals surface area contributed by atoms with E-state index in [1.165, 1.54) is 12.0 Å². The Hall–Kier alpha value is -1.57. The maximum atomic E-state index is 12.7. The van der Waals surface area contributed by atoms with Gasteiger partial charge in [-0.3, -0.25) is 4.79 Å². The zero-order valence-corrected chi connectivity index (χ0v) is 11.9. The van der Waals surface area contributed by atoms with Crippen LogP contribution in [-0.4, -0.2) is 24.8 Å². The van der Waals surface area contributed by atoms with Crippen molar-refractivity contribution in [2.75, 3.05) is 14.1 Å². The van der Waals surface area contributed by atoms with Crippen molar-refractivity contribution in [2.45, 2.75) is 37.5 Å². The molecule has 0 atom stereocenters. The predicted molar refractivity (Wildman–Crippen MR) is 79.0 cm³/mol. The van der Waals surface area contributed by atoms with E-state index in [9.17, 15) is 4.79 Å².